The summed E-state index contributed by atoms with van der Waals surface area (Å²) in [5, 5.41) is 8.08. The zero-order valence-corrected chi connectivity index (χ0v) is 16.5. The third kappa shape index (κ3) is 4.27. The Morgan fingerprint density at radius 1 is 1.19 bits per heavy atom. The predicted octanol–water partition coefficient (Wildman–Crippen LogP) is 4.46. The highest BCUT2D eigenvalue weighted by Crippen LogP contribution is 2.27. The minimum Gasteiger partial charge on any atom is -0.483 e. The number of aromatic nitrogens is 3. The van der Waals surface area contributed by atoms with Gasteiger partial charge >= 0.3 is 0 Å². The lowest BCUT2D eigenvalue weighted by atomic mass is 10.0. The van der Waals surface area contributed by atoms with Gasteiger partial charge in [0.1, 0.15) is 5.75 Å². The highest BCUT2D eigenvalue weighted by Gasteiger charge is 2.12. The van der Waals surface area contributed by atoms with E-state index in [1.54, 1.807) is 12.4 Å². The van der Waals surface area contributed by atoms with Crippen molar-refractivity contribution in [3.8, 4) is 5.75 Å². The van der Waals surface area contributed by atoms with Gasteiger partial charge in [0.15, 0.2) is 12.3 Å². The first kappa shape index (κ1) is 18.9. The van der Waals surface area contributed by atoms with Crippen molar-refractivity contribution >= 4 is 22.6 Å². The molecular formula is C21H26N4O2. The number of ether oxygens (including phenoxy) is 1. The average Bonchev–Trinajstić information content (AvgIpc) is 3.03. The Balaban J connectivity index is 1.68. The van der Waals surface area contributed by atoms with Crippen molar-refractivity contribution in [3.63, 3.8) is 0 Å². The summed E-state index contributed by atoms with van der Waals surface area (Å²) >= 11 is 0. The molecule has 0 unspecified atom stereocenters. The fourth-order valence-corrected chi connectivity index (χ4v) is 2.97. The van der Waals surface area contributed by atoms with Crippen molar-refractivity contribution in [2.24, 2.45) is 0 Å². The minimum atomic E-state index is -0.219. The molecule has 1 amide bonds. The van der Waals surface area contributed by atoms with Crippen molar-refractivity contribution in [2.75, 3.05) is 11.9 Å². The lowest BCUT2D eigenvalue weighted by Gasteiger charge is -2.15. The summed E-state index contributed by atoms with van der Waals surface area (Å²) in [6.45, 7) is 10.3. The molecule has 3 aromatic rings. The summed E-state index contributed by atoms with van der Waals surface area (Å²) in [6.07, 6.45) is 3.41. The number of rotatable bonds is 6. The number of hydrogen-bond acceptors (Lipinski definition) is 4. The standard InChI is InChI=1S/C21H26N4O2/c1-13(2)18-7-6-15(5)8-19(18)27-12-20(26)24-17-9-16-10-23-25(14(3)4)21(16)22-11-17/h6-11,13-14H,12H2,1-5H3,(H,24,26). The van der Waals surface area contributed by atoms with Gasteiger partial charge in [-0.3, -0.25) is 4.79 Å². The van der Waals surface area contributed by atoms with Crippen LogP contribution in [0.15, 0.2) is 36.7 Å². The number of nitrogens with one attached hydrogen (secondary N) is 1. The SMILES string of the molecule is Cc1ccc(C(C)C)c(OCC(=O)Nc2cnc3c(cnn3C(C)C)c2)c1. The smallest absolute Gasteiger partial charge is 0.262 e. The Morgan fingerprint density at radius 3 is 2.67 bits per heavy atom. The molecule has 0 aliphatic carbocycles. The van der Waals surface area contributed by atoms with E-state index in [9.17, 15) is 4.79 Å². The maximum Gasteiger partial charge on any atom is 0.262 e. The number of aryl methyl sites for hydroxylation is 1. The van der Waals surface area contributed by atoms with Crippen LogP contribution >= 0.6 is 0 Å². The van der Waals surface area contributed by atoms with Crippen LogP contribution in [-0.4, -0.2) is 27.3 Å². The van der Waals surface area contributed by atoms with Crippen molar-refractivity contribution in [3.05, 3.63) is 47.8 Å². The maximum absolute atomic E-state index is 12.3. The molecule has 2 aromatic heterocycles. The van der Waals surface area contributed by atoms with E-state index in [4.69, 9.17) is 4.74 Å². The third-order valence-electron chi connectivity index (χ3n) is 4.36. The molecule has 3 rings (SSSR count). The molecule has 2 heterocycles. The van der Waals surface area contributed by atoms with Crippen LogP contribution in [0.3, 0.4) is 0 Å². The van der Waals surface area contributed by atoms with Gasteiger partial charge in [-0.1, -0.05) is 26.0 Å². The molecule has 0 spiro atoms. The molecule has 0 saturated carbocycles. The highest BCUT2D eigenvalue weighted by molar-refractivity contribution is 5.93. The number of hydrogen-bond donors (Lipinski definition) is 1. The van der Waals surface area contributed by atoms with Gasteiger partial charge in [-0.25, -0.2) is 9.67 Å². The van der Waals surface area contributed by atoms with Gasteiger partial charge in [0.05, 0.1) is 18.1 Å². The number of nitrogens with zero attached hydrogens (tertiary/aromatic N) is 3. The average molecular weight is 366 g/mol. The molecule has 0 aliphatic rings. The molecule has 142 valence electrons. The second-order valence-electron chi connectivity index (χ2n) is 7.35. The van der Waals surface area contributed by atoms with E-state index >= 15 is 0 Å². The molecule has 27 heavy (non-hydrogen) atoms. The highest BCUT2D eigenvalue weighted by atomic mass is 16.5. The third-order valence-corrected chi connectivity index (χ3v) is 4.36. The van der Waals surface area contributed by atoms with E-state index in [0.717, 1.165) is 27.9 Å². The summed E-state index contributed by atoms with van der Waals surface area (Å²) in [6, 6.07) is 8.18. The summed E-state index contributed by atoms with van der Waals surface area (Å²) in [5.41, 5.74) is 3.64. The molecule has 1 N–H and O–H groups in total. The van der Waals surface area contributed by atoms with Crippen molar-refractivity contribution in [2.45, 2.75) is 46.6 Å². The van der Waals surface area contributed by atoms with Gasteiger partial charge in [-0.15, -0.1) is 0 Å². The quantitative estimate of drug-likeness (QED) is 0.699. The molecule has 6 nitrogen and oxygen atoms in total. The molecular weight excluding hydrogens is 340 g/mol. The van der Waals surface area contributed by atoms with Gasteiger partial charge < -0.3 is 10.1 Å². The fourth-order valence-electron chi connectivity index (χ4n) is 2.97. The molecule has 1 aromatic carbocycles. The Kier molecular flexibility index (Phi) is 5.44. The molecule has 0 atom stereocenters. The Hall–Kier alpha value is -2.89. The fraction of sp³-hybridized carbons (Fsp3) is 0.381. The Morgan fingerprint density at radius 2 is 1.96 bits per heavy atom. The summed E-state index contributed by atoms with van der Waals surface area (Å²) in [5.74, 6) is 0.864. The number of benzene rings is 1. The largest absolute Gasteiger partial charge is 0.483 e. The predicted molar refractivity (Wildman–Crippen MR) is 107 cm³/mol. The van der Waals surface area contributed by atoms with E-state index in [1.807, 2.05) is 23.7 Å². The molecule has 0 aliphatic heterocycles. The zero-order valence-electron chi connectivity index (χ0n) is 16.5. The molecule has 0 fully saturated rings. The van der Waals surface area contributed by atoms with Crippen LogP contribution in [0.1, 0.15) is 50.8 Å². The second-order valence-corrected chi connectivity index (χ2v) is 7.35. The number of amides is 1. The summed E-state index contributed by atoms with van der Waals surface area (Å²) < 4.78 is 7.64. The van der Waals surface area contributed by atoms with E-state index in [-0.39, 0.29) is 18.6 Å². The monoisotopic (exact) mass is 366 g/mol. The van der Waals surface area contributed by atoms with Crippen LogP contribution < -0.4 is 10.1 Å². The molecule has 6 heteroatoms. The van der Waals surface area contributed by atoms with Crippen LogP contribution in [0.4, 0.5) is 5.69 Å². The van der Waals surface area contributed by atoms with Gasteiger partial charge in [-0.05, 0) is 49.9 Å². The topological polar surface area (TPSA) is 69.0 Å². The summed E-state index contributed by atoms with van der Waals surface area (Å²) in [4.78, 5) is 16.7. The molecule has 0 radical (unpaired) electrons. The minimum absolute atomic E-state index is 0.0491. The van der Waals surface area contributed by atoms with Crippen LogP contribution in [0.25, 0.3) is 11.0 Å². The van der Waals surface area contributed by atoms with E-state index in [1.165, 1.54) is 0 Å². The number of carbonyl (C=O) groups excluding carboxylic acids is 1. The maximum atomic E-state index is 12.3. The number of pyridine rings is 1. The van der Waals surface area contributed by atoms with E-state index in [2.05, 4.69) is 55.2 Å². The van der Waals surface area contributed by atoms with Crippen molar-refractivity contribution in [1.82, 2.24) is 14.8 Å². The number of anilines is 1. The van der Waals surface area contributed by atoms with Crippen molar-refractivity contribution < 1.29 is 9.53 Å². The van der Waals surface area contributed by atoms with Gasteiger partial charge in [0.25, 0.3) is 5.91 Å². The van der Waals surface area contributed by atoms with Gasteiger partial charge in [-0.2, -0.15) is 5.10 Å². The first-order valence-corrected chi connectivity index (χ1v) is 9.21. The number of carbonyl (C=O) groups is 1. The number of fused-ring (bicyclic) bond motifs is 1. The first-order valence-electron chi connectivity index (χ1n) is 9.21. The normalized spacial score (nSPS) is 11.4. The molecule has 0 bridgehead atoms. The first-order chi connectivity index (χ1) is 12.8. The molecule has 0 saturated heterocycles. The second kappa shape index (κ2) is 7.78. The summed E-state index contributed by atoms with van der Waals surface area (Å²) in [7, 11) is 0. The Bertz CT molecular complexity index is 960. The lowest BCUT2D eigenvalue weighted by molar-refractivity contribution is -0.118. The Labute approximate surface area is 159 Å². The zero-order chi connectivity index (χ0) is 19.6. The lowest BCUT2D eigenvalue weighted by Crippen LogP contribution is -2.20. The van der Waals surface area contributed by atoms with Crippen LogP contribution in [0.2, 0.25) is 0 Å². The van der Waals surface area contributed by atoms with E-state index < -0.39 is 0 Å². The van der Waals surface area contributed by atoms with Gasteiger partial charge in [0, 0.05) is 11.4 Å². The van der Waals surface area contributed by atoms with Crippen molar-refractivity contribution in [1.29, 1.82) is 0 Å². The van der Waals surface area contributed by atoms with Crippen LogP contribution in [0.5, 0.6) is 5.75 Å². The van der Waals surface area contributed by atoms with Crippen LogP contribution in [-0.2, 0) is 4.79 Å². The van der Waals surface area contributed by atoms with Gasteiger partial charge in [0.2, 0.25) is 0 Å². The van der Waals surface area contributed by atoms with E-state index in [0.29, 0.717) is 11.6 Å². The van der Waals surface area contributed by atoms with Crippen LogP contribution in [0, 0.1) is 6.92 Å².